The molecule has 0 radical (unpaired) electrons. The van der Waals surface area contributed by atoms with E-state index in [1.165, 1.54) is 12.3 Å². The van der Waals surface area contributed by atoms with Crippen molar-refractivity contribution >= 4 is 5.82 Å². The number of nitrogens with zero attached hydrogens (tertiary/aromatic N) is 2. The average Bonchev–Trinajstić information content (AvgIpc) is 2.57. The van der Waals surface area contributed by atoms with Crippen molar-refractivity contribution in [3.63, 3.8) is 0 Å². The third kappa shape index (κ3) is 2.01. The van der Waals surface area contributed by atoms with Gasteiger partial charge in [0.25, 0.3) is 0 Å². The Bertz CT molecular complexity index is 467. The summed E-state index contributed by atoms with van der Waals surface area (Å²) in [5.41, 5.74) is 4.44. The van der Waals surface area contributed by atoms with Gasteiger partial charge in [-0.3, -0.25) is 4.57 Å². The van der Waals surface area contributed by atoms with Gasteiger partial charge in [-0.25, -0.2) is 13.6 Å². The number of rotatable bonds is 2. The number of alkyl halides is 2. The van der Waals surface area contributed by atoms with Crippen molar-refractivity contribution in [2.24, 2.45) is 0 Å². The number of ether oxygens (including phenoxy) is 1. The fourth-order valence-corrected chi connectivity index (χ4v) is 1.67. The first-order chi connectivity index (χ1) is 8.04. The van der Waals surface area contributed by atoms with E-state index >= 15 is 0 Å². The third-order valence-electron chi connectivity index (χ3n) is 2.55. The molecule has 1 aromatic rings. The highest BCUT2D eigenvalue weighted by Gasteiger charge is 2.46. The maximum atomic E-state index is 13.6. The van der Waals surface area contributed by atoms with Crippen molar-refractivity contribution in [1.82, 2.24) is 9.55 Å². The summed E-state index contributed by atoms with van der Waals surface area (Å²) in [6.07, 6.45) is -5.54. The maximum Gasteiger partial charge on any atom is 0.351 e. The predicted octanol–water partition coefficient (Wildman–Crippen LogP) is -0.609. The minimum absolute atomic E-state index is 0.0184. The molecule has 3 N–H and O–H groups in total. The topological polar surface area (TPSA) is 90.4 Å². The zero-order valence-electron chi connectivity index (χ0n) is 8.66. The molecule has 0 aromatic carbocycles. The molecule has 1 aliphatic rings. The molecule has 17 heavy (non-hydrogen) atoms. The first kappa shape index (κ1) is 11.9. The summed E-state index contributed by atoms with van der Waals surface area (Å²) in [7, 11) is 0. The average molecular weight is 247 g/mol. The molecular formula is C9H11F2N3O3. The van der Waals surface area contributed by atoms with Gasteiger partial charge >= 0.3 is 5.69 Å². The van der Waals surface area contributed by atoms with Gasteiger partial charge < -0.3 is 15.6 Å². The molecule has 0 amide bonds. The smallest absolute Gasteiger partial charge is 0.351 e. The van der Waals surface area contributed by atoms with Crippen molar-refractivity contribution in [1.29, 1.82) is 0 Å². The van der Waals surface area contributed by atoms with Crippen molar-refractivity contribution in [2.75, 3.05) is 12.3 Å². The molecule has 6 nitrogen and oxygen atoms in total. The number of halogens is 2. The lowest BCUT2D eigenvalue weighted by Crippen LogP contribution is -2.32. The van der Waals surface area contributed by atoms with E-state index in [0.717, 1.165) is 4.57 Å². The van der Waals surface area contributed by atoms with Crippen LogP contribution in [0.1, 0.15) is 6.23 Å². The van der Waals surface area contributed by atoms with Crippen LogP contribution < -0.4 is 11.4 Å². The maximum absolute atomic E-state index is 13.6. The van der Waals surface area contributed by atoms with E-state index < -0.39 is 37.0 Å². The summed E-state index contributed by atoms with van der Waals surface area (Å²) in [4.78, 5) is 14.8. The molecule has 4 atom stereocenters. The van der Waals surface area contributed by atoms with E-state index in [2.05, 4.69) is 4.98 Å². The van der Waals surface area contributed by atoms with Crippen LogP contribution in [0.4, 0.5) is 14.6 Å². The highest BCUT2D eigenvalue weighted by Crippen LogP contribution is 2.32. The number of hydrogen-bond donors (Lipinski definition) is 2. The van der Waals surface area contributed by atoms with Crippen LogP contribution in [0.25, 0.3) is 0 Å². The van der Waals surface area contributed by atoms with E-state index in [0.29, 0.717) is 0 Å². The van der Waals surface area contributed by atoms with Gasteiger partial charge in [0.1, 0.15) is 11.9 Å². The molecule has 1 fully saturated rings. The predicted molar refractivity (Wildman–Crippen MR) is 53.7 cm³/mol. The quantitative estimate of drug-likeness (QED) is 0.727. The van der Waals surface area contributed by atoms with Gasteiger partial charge in [-0.15, -0.1) is 0 Å². The number of aliphatic hydroxyl groups excluding tert-OH is 1. The van der Waals surface area contributed by atoms with E-state index in [-0.39, 0.29) is 5.82 Å². The zero-order chi connectivity index (χ0) is 12.6. The van der Waals surface area contributed by atoms with Crippen LogP contribution in [0, 0.1) is 0 Å². The van der Waals surface area contributed by atoms with Crippen molar-refractivity contribution in [3.05, 3.63) is 22.7 Å². The second kappa shape index (κ2) is 4.38. The van der Waals surface area contributed by atoms with Gasteiger partial charge in [-0.1, -0.05) is 0 Å². The number of nitrogens with two attached hydrogens (primary N) is 1. The normalized spacial score (nSPS) is 32.9. The first-order valence-corrected chi connectivity index (χ1v) is 4.93. The number of aromatic nitrogens is 2. The Kier molecular flexibility index (Phi) is 3.07. The number of anilines is 1. The SMILES string of the molecule is Nc1ccn([C@@H]2O[C@H](CO)[C@H](F)[C@@H]2F)c(=O)n1. The molecule has 0 spiro atoms. The third-order valence-corrected chi connectivity index (χ3v) is 2.55. The first-order valence-electron chi connectivity index (χ1n) is 4.93. The zero-order valence-corrected chi connectivity index (χ0v) is 8.66. The molecule has 0 aliphatic carbocycles. The Hall–Kier alpha value is -1.54. The van der Waals surface area contributed by atoms with Crippen molar-refractivity contribution < 1.29 is 18.6 Å². The second-order valence-corrected chi connectivity index (χ2v) is 3.68. The molecule has 1 aliphatic heterocycles. The summed E-state index contributed by atoms with van der Waals surface area (Å²) >= 11 is 0. The van der Waals surface area contributed by atoms with Crippen LogP contribution in [-0.4, -0.2) is 39.7 Å². The van der Waals surface area contributed by atoms with E-state index in [9.17, 15) is 13.6 Å². The Labute approximate surface area is 94.6 Å². The van der Waals surface area contributed by atoms with E-state index in [1.807, 2.05) is 0 Å². The fraction of sp³-hybridized carbons (Fsp3) is 0.556. The molecule has 0 unspecified atom stereocenters. The van der Waals surface area contributed by atoms with Gasteiger partial charge in [-0.2, -0.15) is 4.98 Å². The fourth-order valence-electron chi connectivity index (χ4n) is 1.67. The molecule has 2 heterocycles. The Balaban J connectivity index is 2.32. The lowest BCUT2D eigenvalue weighted by atomic mass is 10.2. The Morgan fingerprint density at radius 2 is 2.24 bits per heavy atom. The van der Waals surface area contributed by atoms with Crippen LogP contribution in [0.5, 0.6) is 0 Å². The van der Waals surface area contributed by atoms with Crippen molar-refractivity contribution in [3.8, 4) is 0 Å². The largest absolute Gasteiger partial charge is 0.394 e. The van der Waals surface area contributed by atoms with E-state index in [1.54, 1.807) is 0 Å². The van der Waals surface area contributed by atoms with Crippen LogP contribution in [-0.2, 0) is 4.74 Å². The van der Waals surface area contributed by atoms with Crippen LogP contribution in [0.15, 0.2) is 17.1 Å². The van der Waals surface area contributed by atoms with Gasteiger partial charge in [0, 0.05) is 6.20 Å². The highest BCUT2D eigenvalue weighted by atomic mass is 19.2. The van der Waals surface area contributed by atoms with Gasteiger partial charge in [0.15, 0.2) is 18.6 Å². The molecule has 0 saturated carbocycles. The van der Waals surface area contributed by atoms with Gasteiger partial charge in [0.2, 0.25) is 0 Å². The summed E-state index contributed by atoms with van der Waals surface area (Å²) in [6, 6.07) is 1.27. The van der Waals surface area contributed by atoms with Crippen molar-refractivity contribution in [2.45, 2.75) is 24.7 Å². The molecule has 2 rings (SSSR count). The number of nitrogen functional groups attached to an aromatic ring is 1. The van der Waals surface area contributed by atoms with Gasteiger partial charge in [0.05, 0.1) is 6.61 Å². The van der Waals surface area contributed by atoms with Gasteiger partial charge in [-0.05, 0) is 6.07 Å². The number of hydrogen-bond acceptors (Lipinski definition) is 5. The summed E-state index contributed by atoms with van der Waals surface area (Å²) in [5, 5.41) is 8.78. The minimum atomic E-state index is -2.03. The molecule has 1 saturated heterocycles. The Morgan fingerprint density at radius 1 is 1.53 bits per heavy atom. The molecule has 1 aromatic heterocycles. The lowest BCUT2D eigenvalue weighted by molar-refractivity contribution is -0.0436. The van der Waals surface area contributed by atoms with Crippen LogP contribution in [0.3, 0.4) is 0 Å². The lowest BCUT2D eigenvalue weighted by Gasteiger charge is -2.15. The highest BCUT2D eigenvalue weighted by molar-refractivity contribution is 5.23. The van der Waals surface area contributed by atoms with Crippen LogP contribution >= 0.6 is 0 Å². The van der Waals surface area contributed by atoms with Crippen LogP contribution in [0.2, 0.25) is 0 Å². The number of aliphatic hydroxyl groups is 1. The molecule has 94 valence electrons. The Morgan fingerprint density at radius 3 is 2.76 bits per heavy atom. The molecular weight excluding hydrogens is 236 g/mol. The molecule has 0 bridgehead atoms. The summed E-state index contributed by atoms with van der Waals surface area (Å²) in [6.45, 7) is -0.658. The van der Waals surface area contributed by atoms with E-state index in [4.69, 9.17) is 15.6 Å². The summed E-state index contributed by atoms with van der Waals surface area (Å²) < 4.78 is 32.6. The monoisotopic (exact) mass is 247 g/mol. The molecule has 8 heteroatoms. The summed E-state index contributed by atoms with van der Waals surface area (Å²) in [5.74, 6) is -0.0184. The second-order valence-electron chi connectivity index (χ2n) is 3.68. The minimum Gasteiger partial charge on any atom is -0.394 e. The standard InChI is InChI=1S/C9H11F2N3O3/c10-6-4(3-15)17-8(7(6)11)14-2-1-5(12)13-9(14)16/h1-2,4,6-8,15H,3H2,(H2,12,13,16)/t4-,6+,7+,8-/m1/s1.